The Morgan fingerprint density at radius 2 is 1.67 bits per heavy atom. The van der Waals surface area contributed by atoms with Gasteiger partial charge in [-0.15, -0.1) is 0 Å². The molecule has 134 valence electrons. The molecule has 3 rings (SSSR count). The van der Waals surface area contributed by atoms with Gasteiger partial charge in [0.2, 0.25) is 5.91 Å². The van der Waals surface area contributed by atoms with E-state index in [0.717, 1.165) is 5.69 Å². The lowest BCUT2D eigenvalue weighted by atomic mass is 10.2. The van der Waals surface area contributed by atoms with Crippen molar-refractivity contribution in [2.24, 2.45) is 0 Å². The molecule has 2 aromatic carbocycles. The minimum Gasteiger partial charge on any atom is -0.459 e. The van der Waals surface area contributed by atoms with Crippen molar-refractivity contribution in [2.75, 3.05) is 22.5 Å². The van der Waals surface area contributed by atoms with Gasteiger partial charge in [0.25, 0.3) is 5.91 Å². The molecule has 3 N–H and O–H groups in total. The number of nitrogens with zero attached hydrogens (tertiary/aromatic N) is 1. The van der Waals surface area contributed by atoms with Crippen molar-refractivity contribution in [3.63, 3.8) is 0 Å². The predicted octanol–water partition coefficient (Wildman–Crippen LogP) is 3.45. The van der Waals surface area contributed by atoms with Crippen LogP contribution < -0.4 is 16.0 Å². The molecule has 0 spiro atoms. The molecule has 0 fully saturated rings. The molecule has 0 aliphatic rings. The van der Waals surface area contributed by atoms with Crippen molar-refractivity contribution >= 4 is 28.9 Å². The second-order valence-electron chi connectivity index (χ2n) is 5.60. The quantitative estimate of drug-likeness (QED) is 0.624. The van der Waals surface area contributed by atoms with Crippen molar-refractivity contribution in [2.45, 2.75) is 0 Å². The number of nitrogens with one attached hydrogen (secondary N) is 3. The molecule has 0 aliphatic heterocycles. The monoisotopic (exact) mass is 360 g/mol. The van der Waals surface area contributed by atoms with Crippen molar-refractivity contribution in [3.05, 3.63) is 78.3 Å². The molecule has 27 heavy (non-hydrogen) atoms. The number of nitriles is 1. The van der Waals surface area contributed by atoms with Gasteiger partial charge >= 0.3 is 0 Å². The number of carbonyl (C=O) groups is 2. The molecule has 0 saturated heterocycles. The van der Waals surface area contributed by atoms with Crippen LogP contribution in [0.3, 0.4) is 0 Å². The lowest BCUT2D eigenvalue weighted by Crippen LogP contribution is -2.21. The van der Waals surface area contributed by atoms with Crippen LogP contribution in [0.2, 0.25) is 0 Å². The fraction of sp³-hybridized carbons (Fsp3) is 0.0500. The van der Waals surface area contributed by atoms with Gasteiger partial charge in [-0.2, -0.15) is 5.26 Å². The van der Waals surface area contributed by atoms with E-state index in [4.69, 9.17) is 9.68 Å². The zero-order valence-electron chi connectivity index (χ0n) is 14.2. The van der Waals surface area contributed by atoms with Gasteiger partial charge in [-0.3, -0.25) is 9.59 Å². The first-order chi connectivity index (χ1) is 13.1. The third-order valence-electron chi connectivity index (χ3n) is 3.62. The fourth-order valence-corrected chi connectivity index (χ4v) is 2.33. The molecule has 0 saturated carbocycles. The maximum absolute atomic E-state index is 12.1. The summed E-state index contributed by atoms with van der Waals surface area (Å²) in [5.41, 5.74) is 2.38. The van der Waals surface area contributed by atoms with Crippen LogP contribution >= 0.6 is 0 Å². The molecule has 7 nitrogen and oxygen atoms in total. The molecule has 1 aromatic heterocycles. The van der Waals surface area contributed by atoms with E-state index in [1.54, 1.807) is 60.7 Å². The highest BCUT2D eigenvalue weighted by Gasteiger charge is 2.09. The van der Waals surface area contributed by atoms with Gasteiger partial charge in [-0.05, 0) is 54.6 Å². The van der Waals surface area contributed by atoms with Gasteiger partial charge in [0.05, 0.1) is 24.4 Å². The van der Waals surface area contributed by atoms with E-state index in [9.17, 15) is 9.59 Å². The van der Waals surface area contributed by atoms with E-state index in [1.807, 2.05) is 6.07 Å². The molecule has 2 amide bonds. The van der Waals surface area contributed by atoms with Gasteiger partial charge in [0, 0.05) is 17.1 Å². The number of hydrogen-bond donors (Lipinski definition) is 3. The van der Waals surface area contributed by atoms with Crippen LogP contribution in [-0.4, -0.2) is 18.4 Å². The molecule has 0 unspecified atom stereocenters. The van der Waals surface area contributed by atoms with E-state index in [1.165, 1.54) is 6.26 Å². The van der Waals surface area contributed by atoms with Crippen LogP contribution in [0.25, 0.3) is 0 Å². The summed E-state index contributed by atoms with van der Waals surface area (Å²) in [6, 6.07) is 18.9. The Morgan fingerprint density at radius 1 is 0.926 bits per heavy atom. The van der Waals surface area contributed by atoms with Gasteiger partial charge in [-0.25, -0.2) is 0 Å². The maximum atomic E-state index is 12.1. The summed E-state index contributed by atoms with van der Waals surface area (Å²) in [6.45, 7) is 0.0644. The lowest BCUT2D eigenvalue weighted by Gasteiger charge is -2.09. The first-order valence-corrected chi connectivity index (χ1v) is 8.13. The molecule has 0 atom stereocenters. The average molecular weight is 360 g/mol. The summed E-state index contributed by atoms with van der Waals surface area (Å²) in [5, 5.41) is 17.2. The minimum atomic E-state index is -0.369. The third-order valence-corrected chi connectivity index (χ3v) is 3.62. The van der Waals surface area contributed by atoms with Gasteiger partial charge in [0.15, 0.2) is 5.76 Å². The standard InChI is InChI=1S/C20H16N4O3/c21-12-14-6-8-15(9-7-14)22-13-19(25)23-16-3-1-4-17(11-16)24-20(26)18-5-2-10-27-18/h1-11,22H,13H2,(H,23,25)(H,24,26). The van der Waals surface area contributed by atoms with Crippen LogP contribution in [0.15, 0.2) is 71.3 Å². The number of benzene rings is 2. The summed E-state index contributed by atoms with van der Waals surface area (Å²) in [5.74, 6) is -0.407. The van der Waals surface area contributed by atoms with E-state index < -0.39 is 0 Å². The van der Waals surface area contributed by atoms with Gasteiger partial charge < -0.3 is 20.4 Å². The molecule has 0 aliphatic carbocycles. The molecule has 1 heterocycles. The summed E-state index contributed by atoms with van der Waals surface area (Å²) >= 11 is 0. The predicted molar refractivity (Wildman–Crippen MR) is 101 cm³/mol. The van der Waals surface area contributed by atoms with Crippen LogP contribution in [-0.2, 0) is 4.79 Å². The summed E-state index contributed by atoms with van der Waals surface area (Å²) in [4.78, 5) is 24.1. The van der Waals surface area contributed by atoms with Crippen molar-refractivity contribution < 1.29 is 14.0 Å². The Hall–Kier alpha value is -4.05. The van der Waals surface area contributed by atoms with Crippen molar-refractivity contribution in [1.82, 2.24) is 0 Å². The number of amides is 2. The second kappa shape index (κ2) is 8.36. The molecule has 7 heteroatoms. The zero-order chi connectivity index (χ0) is 19.1. The Labute approximate surface area is 155 Å². The topological polar surface area (TPSA) is 107 Å². The Balaban J connectivity index is 1.54. The number of carbonyl (C=O) groups excluding carboxylic acids is 2. The maximum Gasteiger partial charge on any atom is 0.291 e. The summed E-state index contributed by atoms with van der Waals surface area (Å²) < 4.78 is 5.04. The van der Waals surface area contributed by atoms with Gasteiger partial charge in [-0.1, -0.05) is 6.07 Å². The van der Waals surface area contributed by atoms with E-state index in [2.05, 4.69) is 16.0 Å². The van der Waals surface area contributed by atoms with Crippen LogP contribution in [0.1, 0.15) is 16.1 Å². The van der Waals surface area contributed by atoms with Crippen molar-refractivity contribution in [1.29, 1.82) is 5.26 Å². The molecule has 0 radical (unpaired) electrons. The van der Waals surface area contributed by atoms with Crippen molar-refractivity contribution in [3.8, 4) is 6.07 Å². The zero-order valence-corrected chi connectivity index (χ0v) is 14.2. The molecular weight excluding hydrogens is 344 g/mol. The first-order valence-electron chi connectivity index (χ1n) is 8.13. The summed E-state index contributed by atoms with van der Waals surface area (Å²) in [6.07, 6.45) is 1.42. The number of rotatable bonds is 6. The normalized spacial score (nSPS) is 9.89. The Kier molecular flexibility index (Phi) is 5.50. The number of hydrogen-bond acceptors (Lipinski definition) is 5. The highest BCUT2D eigenvalue weighted by molar-refractivity contribution is 6.02. The highest BCUT2D eigenvalue weighted by Crippen LogP contribution is 2.16. The fourth-order valence-electron chi connectivity index (χ4n) is 2.33. The largest absolute Gasteiger partial charge is 0.459 e. The third kappa shape index (κ3) is 4.96. The molecular formula is C20H16N4O3. The number of anilines is 3. The Morgan fingerprint density at radius 3 is 2.33 bits per heavy atom. The van der Waals surface area contributed by atoms with E-state index >= 15 is 0 Å². The molecule has 0 bridgehead atoms. The van der Waals surface area contributed by atoms with Crippen LogP contribution in [0.4, 0.5) is 17.1 Å². The lowest BCUT2D eigenvalue weighted by molar-refractivity contribution is -0.114. The Bertz CT molecular complexity index is 973. The minimum absolute atomic E-state index is 0.0644. The highest BCUT2D eigenvalue weighted by atomic mass is 16.3. The van der Waals surface area contributed by atoms with Crippen LogP contribution in [0.5, 0.6) is 0 Å². The van der Waals surface area contributed by atoms with E-state index in [0.29, 0.717) is 16.9 Å². The average Bonchev–Trinajstić information content (AvgIpc) is 3.22. The second-order valence-corrected chi connectivity index (χ2v) is 5.60. The molecule has 3 aromatic rings. The SMILES string of the molecule is N#Cc1ccc(NCC(=O)Nc2cccc(NC(=O)c3ccco3)c2)cc1. The number of furan rings is 1. The first kappa shape index (κ1) is 17.8. The smallest absolute Gasteiger partial charge is 0.291 e. The summed E-state index contributed by atoms with van der Waals surface area (Å²) in [7, 11) is 0. The van der Waals surface area contributed by atoms with E-state index in [-0.39, 0.29) is 24.1 Å². The van der Waals surface area contributed by atoms with Gasteiger partial charge in [0.1, 0.15) is 0 Å². The van der Waals surface area contributed by atoms with Crippen LogP contribution in [0, 0.1) is 11.3 Å².